The van der Waals surface area contributed by atoms with Gasteiger partial charge in [0.25, 0.3) is 17.0 Å². The van der Waals surface area contributed by atoms with E-state index in [2.05, 4.69) is 26.0 Å². The standard InChI is InChI=1S/C28H19BrN4O3S/c1-16-7-9-18(10-8-16)15-32-22-12-11-19(29)14-20(22)23(26(32)35)24-27(36)33-28(37-24)30-25(34)21(31-33)13-17-5-3-2-4-6-17/h2-12,14H,13,15H2,1H3. The fourth-order valence-electron chi connectivity index (χ4n) is 4.45. The largest absolute Gasteiger partial charge is 0.303 e. The maximum atomic E-state index is 13.8. The molecule has 0 N–H and O–H groups in total. The Morgan fingerprint density at radius 2 is 1.68 bits per heavy atom. The molecular weight excluding hydrogens is 552 g/mol. The molecule has 3 aromatic carbocycles. The molecule has 0 aliphatic carbocycles. The van der Waals surface area contributed by atoms with E-state index in [4.69, 9.17) is 0 Å². The van der Waals surface area contributed by atoms with Gasteiger partial charge in [0.1, 0.15) is 10.2 Å². The van der Waals surface area contributed by atoms with Crippen molar-refractivity contribution in [2.24, 2.45) is 0 Å². The SMILES string of the molecule is Cc1ccc(CN2C(=O)C(=c3sc4nc(=O)c(Cc5ccccc5)nn4c3=O)c3cc(Br)ccc32)cc1. The lowest BCUT2D eigenvalue weighted by Crippen LogP contribution is -2.33. The van der Waals surface area contributed by atoms with Gasteiger partial charge in [-0.2, -0.15) is 14.6 Å². The smallest absolute Gasteiger partial charge is 0.296 e. The summed E-state index contributed by atoms with van der Waals surface area (Å²) in [6, 6.07) is 23.0. The van der Waals surface area contributed by atoms with E-state index in [0.29, 0.717) is 17.7 Å². The molecule has 2 aromatic heterocycles. The average Bonchev–Trinajstić information content (AvgIpc) is 3.33. The predicted octanol–water partition coefficient (Wildman–Crippen LogP) is 3.64. The molecule has 0 atom stereocenters. The molecule has 7 nitrogen and oxygen atoms in total. The van der Waals surface area contributed by atoms with E-state index >= 15 is 0 Å². The zero-order valence-corrected chi connectivity index (χ0v) is 22.0. The Kier molecular flexibility index (Phi) is 5.81. The molecule has 0 radical (unpaired) electrons. The number of carbonyl (C=O) groups is 1. The Morgan fingerprint density at radius 3 is 2.43 bits per heavy atom. The molecule has 0 spiro atoms. The van der Waals surface area contributed by atoms with Crippen LogP contribution in [0.3, 0.4) is 0 Å². The van der Waals surface area contributed by atoms with Gasteiger partial charge < -0.3 is 4.90 Å². The van der Waals surface area contributed by atoms with Gasteiger partial charge in [-0.3, -0.25) is 14.4 Å². The number of aromatic nitrogens is 3. The van der Waals surface area contributed by atoms with Gasteiger partial charge in [-0.25, -0.2) is 0 Å². The summed E-state index contributed by atoms with van der Waals surface area (Å²) < 4.78 is 2.14. The Labute approximate surface area is 223 Å². The highest BCUT2D eigenvalue weighted by molar-refractivity contribution is 9.10. The number of hydrogen-bond acceptors (Lipinski definition) is 6. The van der Waals surface area contributed by atoms with Crippen molar-refractivity contribution in [2.75, 3.05) is 4.90 Å². The Bertz CT molecular complexity index is 1860. The first-order valence-corrected chi connectivity index (χ1v) is 13.2. The normalized spacial score (nSPS) is 14.4. The molecule has 5 aromatic rings. The molecule has 0 bridgehead atoms. The molecule has 1 aliphatic heterocycles. The second kappa shape index (κ2) is 9.17. The first-order chi connectivity index (χ1) is 17.9. The van der Waals surface area contributed by atoms with E-state index in [0.717, 1.165) is 42.7 Å². The van der Waals surface area contributed by atoms with Crippen LogP contribution in [0.2, 0.25) is 0 Å². The number of rotatable bonds is 4. The van der Waals surface area contributed by atoms with E-state index in [1.165, 1.54) is 0 Å². The van der Waals surface area contributed by atoms with E-state index < -0.39 is 11.1 Å². The van der Waals surface area contributed by atoms with Crippen molar-refractivity contribution in [1.82, 2.24) is 14.6 Å². The van der Waals surface area contributed by atoms with Crippen LogP contribution in [0.5, 0.6) is 0 Å². The van der Waals surface area contributed by atoms with Crippen LogP contribution in [0.1, 0.15) is 27.9 Å². The summed E-state index contributed by atoms with van der Waals surface area (Å²) in [5.41, 5.74) is 3.91. The number of hydrogen-bond donors (Lipinski definition) is 0. The van der Waals surface area contributed by atoms with Gasteiger partial charge in [-0.15, -0.1) is 0 Å². The van der Waals surface area contributed by atoms with E-state index in [1.807, 2.05) is 79.7 Å². The van der Waals surface area contributed by atoms with Crippen LogP contribution in [0.15, 0.2) is 86.9 Å². The number of thiazole rings is 1. The number of nitrogens with zero attached hydrogens (tertiary/aromatic N) is 4. The molecule has 1 aliphatic rings. The molecular formula is C28H19BrN4O3S. The third-order valence-corrected chi connectivity index (χ3v) is 7.83. The molecule has 0 saturated heterocycles. The summed E-state index contributed by atoms with van der Waals surface area (Å²) in [7, 11) is 0. The number of halogens is 1. The van der Waals surface area contributed by atoms with Crippen molar-refractivity contribution in [3.8, 4) is 0 Å². The molecule has 6 rings (SSSR count). The predicted molar refractivity (Wildman–Crippen MR) is 147 cm³/mol. The van der Waals surface area contributed by atoms with Gasteiger partial charge in [0.05, 0.1) is 17.8 Å². The second-order valence-corrected chi connectivity index (χ2v) is 10.8. The maximum absolute atomic E-state index is 13.8. The topological polar surface area (TPSA) is 84.6 Å². The Balaban J connectivity index is 1.51. The summed E-state index contributed by atoms with van der Waals surface area (Å²) in [4.78, 5) is 46.0. The van der Waals surface area contributed by atoms with Crippen LogP contribution in [0.25, 0.3) is 10.5 Å². The lowest BCUT2D eigenvalue weighted by atomic mass is 10.1. The molecule has 3 heterocycles. The number of amides is 1. The molecule has 9 heteroatoms. The average molecular weight is 571 g/mol. The molecule has 0 unspecified atom stereocenters. The summed E-state index contributed by atoms with van der Waals surface area (Å²) in [5, 5.41) is 4.35. The van der Waals surface area contributed by atoms with Gasteiger partial charge in [0.15, 0.2) is 0 Å². The van der Waals surface area contributed by atoms with Crippen LogP contribution in [0.4, 0.5) is 5.69 Å². The first-order valence-electron chi connectivity index (χ1n) is 11.6. The molecule has 1 amide bonds. The minimum atomic E-state index is -0.483. The van der Waals surface area contributed by atoms with Gasteiger partial charge in [-0.05, 0) is 36.2 Å². The van der Waals surface area contributed by atoms with Crippen LogP contribution < -0.4 is 20.6 Å². The number of carbonyl (C=O) groups excluding carboxylic acids is 1. The summed E-state index contributed by atoms with van der Waals surface area (Å²) in [6.07, 6.45) is 0.260. The quantitative estimate of drug-likeness (QED) is 0.329. The minimum absolute atomic E-state index is 0.163. The molecule has 0 saturated carbocycles. The third kappa shape index (κ3) is 4.20. The highest BCUT2D eigenvalue weighted by atomic mass is 79.9. The zero-order chi connectivity index (χ0) is 25.7. The van der Waals surface area contributed by atoms with Gasteiger partial charge >= 0.3 is 0 Å². The van der Waals surface area contributed by atoms with Crippen LogP contribution in [-0.4, -0.2) is 20.5 Å². The Hall–Kier alpha value is -3.95. The lowest BCUT2D eigenvalue weighted by Gasteiger charge is -2.17. The maximum Gasteiger partial charge on any atom is 0.296 e. The van der Waals surface area contributed by atoms with Gasteiger partial charge in [0.2, 0.25) is 4.96 Å². The Morgan fingerprint density at radius 1 is 0.919 bits per heavy atom. The van der Waals surface area contributed by atoms with Crippen molar-refractivity contribution in [3.05, 3.63) is 130 Å². The first kappa shape index (κ1) is 23.4. The monoisotopic (exact) mass is 570 g/mol. The van der Waals surface area contributed by atoms with Crippen LogP contribution in [0, 0.1) is 6.92 Å². The highest BCUT2D eigenvalue weighted by Gasteiger charge is 2.34. The second-order valence-electron chi connectivity index (χ2n) is 8.87. The van der Waals surface area contributed by atoms with E-state index in [1.54, 1.807) is 4.90 Å². The number of aryl methyl sites for hydroxylation is 1. The summed E-state index contributed by atoms with van der Waals surface area (Å²) in [5.74, 6) is -0.273. The van der Waals surface area contributed by atoms with Crippen LogP contribution in [-0.2, 0) is 17.8 Å². The van der Waals surface area contributed by atoms with Gasteiger partial charge in [0, 0.05) is 16.5 Å². The molecule has 0 fully saturated rings. The fraction of sp³-hybridized carbons (Fsp3) is 0.107. The number of fused-ring (bicyclic) bond motifs is 2. The van der Waals surface area contributed by atoms with E-state index in [9.17, 15) is 14.4 Å². The fourth-order valence-corrected chi connectivity index (χ4v) is 5.80. The van der Waals surface area contributed by atoms with Crippen molar-refractivity contribution >= 4 is 49.4 Å². The number of benzene rings is 3. The highest BCUT2D eigenvalue weighted by Crippen LogP contribution is 2.38. The van der Waals surface area contributed by atoms with Crippen molar-refractivity contribution in [2.45, 2.75) is 19.9 Å². The minimum Gasteiger partial charge on any atom is -0.303 e. The van der Waals surface area contributed by atoms with Gasteiger partial charge in [-0.1, -0.05) is 87.4 Å². The zero-order valence-electron chi connectivity index (χ0n) is 19.6. The summed E-state index contributed by atoms with van der Waals surface area (Å²) in [6.45, 7) is 2.38. The van der Waals surface area contributed by atoms with E-state index in [-0.39, 0.29) is 27.5 Å². The van der Waals surface area contributed by atoms with Crippen molar-refractivity contribution in [3.63, 3.8) is 0 Å². The lowest BCUT2D eigenvalue weighted by molar-refractivity contribution is -0.113. The molecule has 182 valence electrons. The number of anilines is 1. The third-order valence-electron chi connectivity index (χ3n) is 6.31. The van der Waals surface area contributed by atoms with Crippen LogP contribution >= 0.6 is 27.3 Å². The summed E-state index contributed by atoms with van der Waals surface area (Å²) >= 11 is 4.51. The van der Waals surface area contributed by atoms with Crippen molar-refractivity contribution < 1.29 is 4.79 Å². The molecule has 37 heavy (non-hydrogen) atoms. The van der Waals surface area contributed by atoms with Crippen molar-refractivity contribution in [1.29, 1.82) is 0 Å².